The molecule has 1 aromatic rings. The highest BCUT2D eigenvalue weighted by molar-refractivity contribution is 5.81. The molecule has 2 saturated heterocycles. The quantitative estimate of drug-likeness (QED) is 0.824. The van der Waals surface area contributed by atoms with Crippen molar-refractivity contribution in [2.75, 3.05) is 56.0 Å². The molecule has 6 nitrogen and oxygen atoms in total. The van der Waals surface area contributed by atoms with Crippen molar-refractivity contribution in [1.82, 2.24) is 9.80 Å². The minimum atomic E-state index is 0.0826. The third kappa shape index (κ3) is 3.94. The lowest BCUT2D eigenvalue weighted by Crippen LogP contribution is -2.49. The number of rotatable bonds is 5. The van der Waals surface area contributed by atoms with E-state index in [1.54, 1.807) is 4.90 Å². The Bertz CT molecular complexity index is 532. The van der Waals surface area contributed by atoms with Crippen LogP contribution in [0.15, 0.2) is 24.3 Å². The summed E-state index contributed by atoms with van der Waals surface area (Å²) in [6.45, 7) is 5.06. The summed E-state index contributed by atoms with van der Waals surface area (Å²) < 4.78 is 0. The molecule has 0 aliphatic carbocycles. The van der Waals surface area contributed by atoms with Crippen LogP contribution in [-0.2, 0) is 9.59 Å². The molecule has 3 rings (SSSR count). The lowest BCUT2D eigenvalue weighted by molar-refractivity contribution is -0.133. The standard InChI is InChI=1S/C17H24N4O2/c22-14-19-9-11-21(12-10-19)17(23)13-18-15-3-5-16(6-4-15)20-7-1-2-8-20/h3-6,14,18H,1-2,7-13H2. The lowest BCUT2D eigenvalue weighted by atomic mass is 10.2. The van der Waals surface area contributed by atoms with Gasteiger partial charge in [-0.1, -0.05) is 0 Å². The Kier molecular flexibility index (Phi) is 5.00. The number of piperazine rings is 1. The largest absolute Gasteiger partial charge is 0.376 e. The average Bonchev–Trinajstić information content (AvgIpc) is 3.15. The zero-order valence-corrected chi connectivity index (χ0v) is 13.4. The van der Waals surface area contributed by atoms with Crippen molar-refractivity contribution in [2.24, 2.45) is 0 Å². The Morgan fingerprint density at radius 2 is 1.65 bits per heavy atom. The van der Waals surface area contributed by atoms with Gasteiger partial charge in [0.1, 0.15) is 0 Å². The fraction of sp³-hybridized carbons (Fsp3) is 0.529. The Morgan fingerprint density at radius 3 is 2.26 bits per heavy atom. The number of hydrogen-bond donors (Lipinski definition) is 1. The summed E-state index contributed by atoms with van der Waals surface area (Å²) in [6.07, 6.45) is 3.39. The van der Waals surface area contributed by atoms with Crippen molar-refractivity contribution in [3.8, 4) is 0 Å². The van der Waals surface area contributed by atoms with Gasteiger partial charge >= 0.3 is 0 Å². The summed E-state index contributed by atoms with van der Waals surface area (Å²) in [5.41, 5.74) is 2.22. The number of amides is 2. The van der Waals surface area contributed by atoms with Crippen LogP contribution in [0, 0.1) is 0 Å². The smallest absolute Gasteiger partial charge is 0.241 e. The molecule has 0 saturated carbocycles. The number of nitrogens with zero attached hydrogens (tertiary/aromatic N) is 3. The van der Waals surface area contributed by atoms with E-state index in [4.69, 9.17) is 0 Å². The van der Waals surface area contributed by atoms with Crippen LogP contribution in [0.25, 0.3) is 0 Å². The first-order chi connectivity index (χ1) is 11.3. The van der Waals surface area contributed by atoms with Gasteiger partial charge in [0.25, 0.3) is 0 Å². The first-order valence-electron chi connectivity index (χ1n) is 8.32. The van der Waals surface area contributed by atoms with Crippen LogP contribution >= 0.6 is 0 Å². The summed E-state index contributed by atoms with van der Waals surface area (Å²) >= 11 is 0. The molecule has 0 atom stereocenters. The number of carbonyl (C=O) groups excluding carboxylic acids is 2. The average molecular weight is 316 g/mol. The van der Waals surface area contributed by atoms with Gasteiger partial charge in [-0.2, -0.15) is 0 Å². The molecule has 1 N–H and O–H groups in total. The van der Waals surface area contributed by atoms with E-state index in [1.807, 2.05) is 17.0 Å². The zero-order valence-electron chi connectivity index (χ0n) is 13.4. The van der Waals surface area contributed by atoms with E-state index in [-0.39, 0.29) is 5.91 Å². The van der Waals surface area contributed by atoms with Gasteiger partial charge in [0.05, 0.1) is 6.54 Å². The molecule has 23 heavy (non-hydrogen) atoms. The van der Waals surface area contributed by atoms with Crippen molar-refractivity contribution in [1.29, 1.82) is 0 Å². The van der Waals surface area contributed by atoms with Crippen molar-refractivity contribution < 1.29 is 9.59 Å². The molecule has 124 valence electrons. The monoisotopic (exact) mass is 316 g/mol. The highest BCUT2D eigenvalue weighted by atomic mass is 16.2. The van der Waals surface area contributed by atoms with E-state index >= 15 is 0 Å². The van der Waals surface area contributed by atoms with Crippen LogP contribution in [0.5, 0.6) is 0 Å². The maximum atomic E-state index is 12.2. The predicted molar refractivity (Wildman–Crippen MR) is 90.6 cm³/mol. The molecule has 6 heteroatoms. The fourth-order valence-electron chi connectivity index (χ4n) is 3.13. The first kappa shape index (κ1) is 15.6. The Hall–Kier alpha value is -2.24. The van der Waals surface area contributed by atoms with E-state index in [0.717, 1.165) is 25.2 Å². The summed E-state index contributed by atoms with van der Waals surface area (Å²) in [6, 6.07) is 8.29. The van der Waals surface area contributed by atoms with Crippen molar-refractivity contribution >= 4 is 23.7 Å². The van der Waals surface area contributed by atoms with Gasteiger partial charge < -0.3 is 20.0 Å². The van der Waals surface area contributed by atoms with E-state index in [1.165, 1.54) is 18.5 Å². The van der Waals surface area contributed by atoms with Gasteiger partial charge in [-0.3, -0.25) is 9.59 Å². The highest BCUT2D eigenvalue weighted by Gasteiger charge is 2.19. The van der Waals surface area contributed by atoms with E-state index in [2.05, 4.69) is 22.3 Å². The summed E-state index contributed by atoms with van der Waals surface area (Å²) in [7, 11) is 0. The second kappa shape index (κ2) is 7.35. The Morgan fingerprint density at radius 1 is 1.00 bits per heavy atom. The second-order valence-corrected chi connectivity index (χ2v) is 6.12. The lowest BCUT2D eigenvalue weighted by Gasteiger charge is -2.32. The molecule has 2 aliphatic rings. The Labute approximate surface area is 137 Å². The SMILES string of the molecule is O=CN1CCN(C(=O)CNc2ccc(N3CCCC3)cc2)CC1. The topological polar surface area (TPSA) is 55.9 Å². The molecule has 2 heterocycles. The molecule has 0 aromatic heterocycles. The number of anilines is 2. The molecule has 0 spiro atoms. The van der Waals surface area contributed by atoms with Crippen LogP contribution in [0.2, 0.25) is 0 Å². The molecular formula is C17H24N4O2. The number of carbonyl (C=O) groups is 2. The summed E-state index contributed by atoms with van der Waals surface area (Å²) in [4.78, 5) is 28.8. The molecular weight excluding hydrogens is 292 g/mol. The van der Waals surface area contributed by atoms with Gasteiger partial charge in [-0.05, 0) is 37.1 Å². The van der Waals surface area contributed by atoms with Crippen molar-refractivity contribution in [2.45, 2.75) is 12.8 Å². The van der Waals surface area contributed by atoms with E-state index < -0.39 is 0 Å². The molecule has 0 bridgehead atoms. The zero-order chi connectivity index (χ0) is 16.1. The van der Waals surface area contributed by atoms with Gasteiger partial charge in [-0.15, -0.1) is 0 Å². The first-order valence-corrected chi connectivity index (χ1v) is 8.32. The van der Waals surface area contributed by atoms with Gasteiger partial charge in [-0.25, -0.2) is 0 Å². The van der Waals surface area contributed by atoms with Gasteiger partial charge in [0.2, 0.25) is 12.3 Å². The van der Waals surface area contributed by atoms with E-state index in [9.17, 15) is 9.59 Å². The van der Waals surface area contributed by atoms with Gasteiger partial charge in [0.15, 0.2) is 0 Å². The normalized spacial score (nSPS) is 18.2. The molecule has 1 aromatic carbocycles. The third-order valence-corrected chi connectivity index (χ3v) is 4.60. The van der Waals surface area contributed by atoms with Crippen LogP contribution in [0.3, 0.4) is 0 Å². The second-order valence-electron chi connectivity index (χ2n) is 6.12. The van der Waals surface area contributed by atoms with Crippen LogP contribution < -0.4 is 10.2 Å². The number of hydrogen-bond acceptors (Lipinski definition) is 4. The third-order valence-electron chi connectivity index (χ3n) is 4.60. The van der Waals surface area contributed by atoms with Crippen LogP contribution in [0.1, 0.15) is 12.8 Å². The molecule has 0 unspecified atom stereocenters. The van der Waals surface area contributed by atoms with Gasteiger partial charge in [0, 0.05) is 50.6 Å². The predicted octanol–water partition coefficient (Wildman–Crippen LogP) is 0.999. The van der Waals surface area contributed by atoms with Crippen molar-refractivity contribution in [3.05, 3.63) is 24.3 Å². The number of benzene rings is 1. The summed E-state index contributed by atoms with van der Waals surface area (Å²) in [5, 5.41) is 3.19. The maximum absolute atomic E-state index is 12.2. The summed E-state index contributed by atoms with van der Waals surface area (Å²) in [5.74, 6) is 0.0826. The number of nitrogens with one attached hydrogen (secondary N) is 1. The van der Waals surface area contributed by atoms with E-state index in [0.29, 0.717) is 32.7 Å². The maximum Gasteiger partial charge on any atom is 0.241 e. The molecule has 0 radical (unpaired) electrons. The molecule has 2 fully saturated rings. The minimum Gasteiger partial charge on any atom is -0.376 e. The highest BCUT2D eigenvalue weighted by Crippen LogP contribution is 2.21. The Balaban J connectivity index is 1.46. The van der Waals surface area contributed by atoms with Crippen molar-refractivity contribution in [3.63, 3.8) is 0 Å². The fourth-order valence-corrected chi connectivity index (χ4v) is 3.13. The molecule has 2 aliphatic heterocycles. The van der Waals surface area contributed by atoms with Crippen LogP contribution in [-0.4, -0.2) is 67.9 Å². The minimum absolute atomic E-state index is 0.0826. The molecule has 2 amide bonds. The van der Waals surface area contributed by atoms with Crippen LogP contribution in [0.4, 0.5) is 11.4 Å².